The first-order chi connectivity index (χ1) is 7.42. The van der Waals surface area contributed by atoms with Gasteiger partial charge in [-0.05, 0) is 31.4 Å². The minimum Gasteiger partial charge on any atom is -0.496 e. The normalized spacial score (nSPS) is 11.3. The van der Waals surface area contributed by atoms with E-state index in [1.807, 2.05) is 19.9 Å². The van der Waals surface area contributed by atoms with Crippen LogP contribution in [-0.4, -0.2) is 7.11 Å². The largest absolute Gasteiger partial charge is 0.496 e. The molecule has 0 unspecified atom stereocenters. The smallest absolute Gasteiger partial charge is 0.123 e. The first-order valence-corrected chi connectivity index (χ1v) is 5.52. The Morgan fingerprint density at radius 1 is 1.31 bits per heavy atom. The van der Waals surface area contributed by atoms with E-state index in [-0.39, 0.29) is 0 Å². The summed E-state index contributed by atoms with van der Waals surface area (Å²) in [5.74, 6) is 1.25. The van der Waals surface area contributed by atoms with Gasteiger partial charge < -0.3 is 4.74 Å². The summed E-state index contributed by atoms with van der Waals surface area (Å²) in [5, 5.41) is 9.19. The molecule has 0 amide bonds. The number of nitrogens with zero attached hydrogens (tertiary/aromatic N) is 1. The average Bonchev–Trinajstić information content (AvgIpc) is 2.28. The van der Waals surface area contributed by atoms with Gasteiger partial charge in [-0.2, -0.15) is 5.26 Å². The van der Waals surface area contributed by atoms with Crippen molar-refractivity contribution in [3.8, 4) is 11.8 Å². The fourth-order valence-electron chi connectivity index (χ4n) is 1.63. The highest BCUT2D eigenvalue weighted by atomic mass is 16.5. The molecule has 0 fully saturated rings. The van der Waals surface area contributed by atoms with E-state index < -0.39 is 5.41 Å². The maximum Gasteiger partial charge on any atom is 0.123 e. The van der Waals surface area contributed by atoms with Gasteiger partial charge in [0, 0.05) is 5.56 Å². The van der Waals surface area contributed by atoms with E-state index in [1.165, 1.54) is 5.56 Å². The Labute approximate surface area is 97.9 Å². The summed E-state index contributed by atoms with van der Waals surface area (Å²) in [6.45, 7) is 8.11. The molecule has 2 nitrogen and oxygen atoms in total. The molecule has 1 rings (SSSR count). The predicted octanol–water partition coefficient (Wildman–Crippen LogP) is 3.62. The van der Waals surface area contributed by atoms with Crippen molar-refractivity contribution in [1.29, 1.82) is 5.26 Å². The van der Waals surface area contributed by atoms with Gasteiger partial charge in [-0.3, -0.25) is 0 Å². The van der Waals surface area contributed by atoms with E-state index in [9.17, 15) is 5.26 Å². The molecular formula is C14H19NO. The highest BCUT2D eigenvalue weighted by Gasteiger charge is 2.24. The van der Waals surface area contributed by atoms with Crippen LogP contribution in [0, 0.1) is 11.3 Å². The molecule has 1 aromatic rings. The molecule has 2 heteroatoms. The third kappa shape index (κ3) is 2.36. The van der Waals surface area contributed by atoms with Crippen molar-refractivity contribution < 1.29 is 4.74 Å². The second-order valence-corrected chi connectivity index (χ2v) is 4.85. The summed E-state index contributed by atoms with van der Waals surface area (Å²) in [6.07, 6.45) is 0. The number of benzene rings is 1. The van der Waals surface area contributed by atoms with Crippen LogP contribution in [0.4, 0.5) is 0 Å². The quantitative estimate of drug-likeness (QED) is 0.774. The van der Waals surface area contributed by atoms with Crippen LogP contribution in [0.3, 0.4) is 0 Å². The molecule has 0 aliphatic carbocycles. The molecule has 86 valence electrons. The van der Waals surface area contributed by atoms with Crippen LogP contribution in [0.2, 0.25) is 0 Å². The SMILES string of the molecule is COc1ccc(C(C)C)cc1C(C)(C)C#N. The molecule has 0 N–H and O–H groups in total. The highest BCUT2D eigenvalue weighted by molar-refractivity contribution is 5.45. The fraction of sp³-hybridized carbons (Fsp3) is 0.500. The van der Waals surface area contributed by atoms with E-state index >= 15 is 0 Å². The Balaban J connectivity index is 3.34. The Morgan fingerprint density at radius 2 is 1.94 bits per heavy atom. The van der Waals surface area contributed by atoms with Crippen LogP contribution in [0.15, 0.2) is 18.2 Å². The Hall–Kier alpha value is -1.49. The second-order valence-electron chi connectivity index (χ2n) is 4.85. The maximum absolute atomic E-state index is 9.19. The van der Waals surface area contributed by atoms with Gasteiger partial charge in [-0.25, -0.2) is 0 Å². The molecule has 1 aromatic carbocycles. The third-order valence-corrected chi connectivity index (χ3v) is 2.84. The Kier molecular flexibility index (Phi) is 3.59. The molecule has 0 spiro atoms. The van der Waals surface area contributed by atoms with Gasteiger partial charge in [0.2, 0.25) is 0 Å². The average molecular weight is 217 g/mol. The zero-order chi connectivity index (χ0) is 12.3. The molecule has 0 bridgehead atoms. The number of nitriles is 1. The topological polar surface area (TPSA) is 33.0 Å². The molecule has 0 aromatic heterocycles. The molecule has 0 heterocycles. The lowest BCUT2D eigenvalue weighted by atomic mass is 9.83. The van der Waals surface area contributed by atoms with Crippen molar-refractivity contribution in [2.45, 2.75) is 39.0 Å². The number of methoxy groups -OCH3 is 1. The summed E-state index contributed by atoms with van der Waals surface area (Å²) in [7, 11) is 1.64. The first kappa shape index (κ1) is 12.6. The van der Waals surface area contributed by atoms with Crippen molar-refractivity contribution in [1.82, 2.24) is 0 Å². The molecule has 0 atom stereocenters. The van der Waals surface area contributed by atoms with E-state index in [0.717, 1.165) is 11.3 Å². The lowest BCUT2D eigenvalue weighted by Gasteiger charge is -2.21. The highest BCUT2D eigenvalue weighted by Crippen LogP contribution is 2.33. The van der Waals surface area contributed by atoms with Crippen LogP contribution >= 0.6 is 0 Å². The van der Waals surface area contributed by atoms with Crippen molar-refractivity contribution >= 4 is 0 Å². The number of hydrogen-bond donors (Lipinski definition) is 0. The van der Waals surface area contributed by atoms with Gasteiger partial charge in [0.15, 0.2) is 0 Å². The third-order valence-electron chi connectivity index (χ3n) is 2.84. The summed E-state index contributed by atoms with van der Waals surface area (Å²) >= 11 is 0. The minimum atomic E-state index is -0.518. The van der Waals surface area contributed by atoms with Crippen LogP contribution in [0.5, 0.6) is 5.75 Å². The van der Waals surface area contributed by atoms with Gasteiger partial charge in [-0.15, -0.1) is 0 Å². The summed E-state index contributed by atoms with van der Waals surface area (Å²) in [6, 6.07) is 8.40. The van der Waals surface area contributed by atoms with E-state index in [1.54, 1.807) is 7.11 Å². The first-order valence-electron chi connectivity index (χ1n) is 5.52. The molecule has 0 radical (unpaired) electrons. The second kappa shape index (κ2) is 4.57. The van der Waals surface area contributed by atoms with Gasteiger partial charge >= 0.3 is 0 Å². The van der Waals surface area contributed by atoms with Gasteiger partial charge in [0.1, 0.15) is 5.75 Å². The minimum absolute atomic E-state index is 0.458. The molecule has 0 aliphatic rings. The van der Waals surface area contributed by atoms with Crippen LogP contribution in [0.25, 0.3) is 0 Å². The summed E-state index contributed by atoms with van der Waals surface area (Å²) in [5.41, 5.74) is 1.68. The lowest BCUT2D eigenvalue weighted by Crippen LogP contribution is -2.15. The summed E-state index contributed by atoms with van der Waals surface area (Å²) < 4.78 is 5.32. The zero-order valence-electron chi connectivity index (χ0n) is 10.7. The van der Waals surface area contributed by atoms with Crippen molar-refractivity contribution in [3.63, 3.8) is 0 Å². The molecule has 16 heavy (non-hydrogen) atoms. The van der Waals surface area contributed by atoms with Crippen LogP contribution in [0.1, 0.15) is 44.7 Å². The van der Waals surface area contributed by atoms with Gasteiger partial charge in [0.05, 0.1) is 18.6 Å². The van der Waals surface area contributed by atoms with Crippen LogP contribution < -0.4 is 4.74 Å². The maximum atomic E-state index is 9.19. The van der Waals surface area contributed by atoms with Crippen molar-refractivity contribution in [2.24, 2.45) is 0 Å². The van der Waals surface area contributed by atoms with Crippen molar-refractivity contribution in [2.75, 3.05) is 7.11 Å². The molecule has 0 saturated carbocycles. The van der Waals surface area contributed by atoms with E-state index in [2.05, 4.69) is 32.0 Å². The molecular weight excluding hydrogens is 198 g/mol. The summed E-state index contributed by atoms with van der Waals surface area (Å²) in [4.78, 5) is 0. The van der Waals surface area contributed by atoms with Gasteiger partial charge in [-0.1, -0.05) is 26.0 Å². The van der Waals surface area contributed by atoms with Crippen molar-refractivity contribution in [3.05, 3.63) is 29.3 Å². The lowest BCUT2D eigenvalue weighted by molar-refractivity contribution is 0.402. The predicted molar refractivity (Wildman–Crippen MR) is 65.7 cm³/mol. The van der Waals surface area contributed by atoms with E-state index in [0.29, 0.717) is 5.92 Å². The van der Waals surface area contributed by atoms with Crippen LogP contribution in [-0.2, 0) is 5.41 Å². The number of ether oxygens (including phenoxy) is 1. The Morgan fingerprint density at radius 3 is 2.38 bits per heavy atom. The molecule has 0 aliphatic heterocycles. The molecule has 0 saturated heterocycles. The number of hydrogen-bond acceptors (Lipinski definition) is 2. The fourth-order valence-corrected chi connectivity index (χ4v) is 1.63. The van der Waals surface area contributed by atoms with Gasteiger partial charge in [0.25, 0.3) is 0 Å². The number of rotatable bonds is 3. The van der Waals surface area contributed by atoms with E-state index in [4.69, 9.17) is 4.74 Å². The monoisotopic (exact) mass is 217 g/mol. The standard InChI is InChI=1S/C14H19NO/c1-10(2)11-6-7-13(16-5)12(8-11)14(3,4)9-15/h6-8,10H,1-5H3. The Bertz CT molecular complexity index is 413. The zero-order valence-corrected chi connectivity index (χ0v) is 10.7.